The highest BCUT2D eigenvalue weighted by atomic mass is 15.1. The van der Waals surface area contributed by atoms with Gasteiger partial charge in [-0.15, -0.1) is 0 Å². The molecule has 10 rings (SSSR count). The smallest absolute Gasteiger partial charge is 0.0465 e. The van der Waals surface area contributed by atoms with Gasteiger partial charge in [-0.1, -0.05) is 208 Å². The molecule has 9 aromatic carbocycles. The Balaban J connectivity index is 0.970. The zero-order chi connectivity index (χ0) is 41.9. The van der Waals surface area contributed by atoms with E-state index in [1.54, 1.807) is 0 Å². The van der Waals surface area contributed by atoms with Crippen molar-refractivity contribution in [2.45, 2.75) is 32.1 Å². The van der Waals surface area contributed by atoms with E-state index in [9.17, 15) is 0 Å². The minimum absolute atomic E-state index is 0.0713. The molecule has 0 amide bonds. The van der Waals surface area contributed by atoms with Crippen molar-refractivity contribution >= 4 is 29.2 Å². The molecule has 0 spiro atoms. The van der Waals surface area contributed by atoms with E-state index in [0.29, 0.717) is 0 Å². The van der Waals surface area contributed by atoms with Crippen LogP contribution < -0.4 is 4.90 Å². The SMILES string of the molecule is CCC1(CC)c2cc(/C=C/c3ccc(-c4ccc(-c5ccccc5)cc4-c4ccccc4-c4ccccc4)cc3)ccc2-c2ccc(N(c3ccccc3)c3ccccc3)cc21. The lowest BCUT2D eigenvalue weighted by molar-refractivity contribution is 0.490. The maximum absolute atomic E-state index is 2.46. The standard InChI is InChI=1S/C61H49N/c1-3-61(4-2)59-41-45(33-38-56(59)57-40-37-52(43-60(57)61)62(50-23-13-7-14-24-50)51-25-15-8-16-26-51)30-29-44-31-34-48(35-32-44)54-39-36-49(46-19-9-5-10-20-46)42-58(54)55-28-18-17-27-53(55)47-21-11-6-12-22-47/h5-43H,3-4H2,1-2H3/b30-29+. The van der Waals surface area contributed by atoms with E-state index in [1.807, 2.05) is 0 Å². The van der Waals surface area contributed by atoms with Gasteiger partial charge in [-0.05, 0) is 133 Å². The Hall–Kier alpha value is -7.48. The summed E-state index contributed by atoms with van der Waals surface area (Å²) in [4.78, 5) is 2.38. The molecule has 62 heavy (non-hydrogen) atoms. The monoisotopic (exact) mass is 795 g/mol. The third-order valence-corrected chi connectivity index (χ3v) is 13.0. The lowest BCUT2D eigenvalue weighted by Gasteiger charge is -2.32. The number of benzene rings is 9. The second-order valence-corrected chi connectivity index (χ2v) is 16.3. The summed E-state index contributed by atoms with van der Waals surface area (Å²) < 4.78 is 0. The average Bonchev–Trinajstić information content (AvgIpc) is 3.63. The first-order valence-electron chi connectivity index (χ1n) is 22.0. The summed E-state index contributed by atoms with van der Waals surface area (Å²) in [6.07, 6.45) is 6.60. The van der Waals surface area contributed by atoms with E-state index < -0.39 is 0 Å². The molecule has 0 saturated carbocycles. The molecule has 9 aromatic rings. The fraction of sp³-hybridized carbons (Fsp3) is 0.0820. The number of hydrogen-bond donors (Lipinski definition) is 0. The molecular weight excluding hydrogens is 747 g/mol. The maximum Gasteiger partial charge on any atom is 0.0465 e. The minimum atomic E-state index is -0.0713. The maximum atomic E-state index is 2.46. The molecule has 1 heteroatoms. The molecule has 0 radical (unpaired) electrons. The van der Waals surface area contributed by atoms with Gasteiger partial charge < -0.3 is 4.90 Å². The van der Waals surface area contributed by atoms with Crippen LogP contribution in [0.1, 0.15) is 48.9 Å². The molecule has 0 aromatic heterocycles. The number of rotatable bonds is 11. The van der Waals surface area contributed by atoms with Gasteiger partial charge in [-0.3, -0.25) is 0 Å². The summed E-state index contributed by atoms with van der Waals surface area (Å²) in [7, 11) is 0. The quantitative estimate of drug-likeness (QED) is 0.118. The van der Waals surface area contributed by atoms with Crippen LogP contribution in [0.15, 0.2) is 224 Å². The molecule has 1 nitrogen and oxygen atoms in total. The van der Waals surface area contributed by atoms with Crippen molar-refractivity contribution in [3.05, 3.63) is 247 Å². The largest absolute Gasteiger partial charge is 0.310 e. The van der Waals surface area contributed by atoms with Gasteiger partial charge in [-0.2, -0.15) is 0 Å². The molecule has 0 unspecified atom stereocenters. The zero-order valence-corrected chi connectivity index (χ0v) is 35.4. The van der Waals surface area contributed by atoms with E-state index in [1.165, 1.54) is 83.6 Å². The molecular formula is C61H49N. The van der Waals surface area contributed by atoms with Crippen LogP contribution in [0.25, 0.3) is 67.8 Å². The Labute approximate surface area is 367 Å². The highest BCUT2D eigenvalue weighted by Crippen LogP contribution is 2.54. The van der Waals surface area contributed by atoms with Crippen molar-refractivity contribution in [2.24, 2.45) is 0 Å². The Morgan fingerprint density at radius 1 is 0.323 bits per heavy atom. The van der Waals surface area contributed by atoms with Crippen molar-refractivity contribution < 1.29 is 0 Å². The van der Waals surface area contributed by atoms with Gasteiger partial charge in [-0.25, -0.2) is 0 Å². The van der Waals surface area contributed by atoms with Crippen LogP contribution >= 0.6 is 0 Å². The first-order valence-corrected chi connectivity index (χ1v) is 22.0. The van der Waals surface area contributed by atoms with E-state index in [4.69, 9.17) is 0 Å². The van der Waals surface area contributed by atoms with Crippen molar-refractivity contribution in [1.29, 1.82) is 0 Å². The number of fused-ring (bicyclic) bond motifs is 3. The number of anilines is 3. The van der Waals surface area contributed by atoms with Gasteiger partial charge in [0.1, 0.15) is 0 Å². The van der Waals surface area contributed by atoms with E-state index in [0.717, 1.165) is 24.2 Å². The second-order valence-electron chi connectivity index (χ2n) is 16.3. The summed E-state index contributed by atoms with van der Waals surface area (Å²) in [6.45, 7) is 4.71. The normalized spacial score (nSPS) is 12.5. The van der Waals surface area contributed by atoms with Crippen LogP contribution in [0.5, 0.6) is 0 Å². The first kappa shape index (κ1) is 38.7. The van der Waals surface area contributed by atoms with Crippen LogP contribution in [0.2, 0.25) is 0 Å². The predicted octanol–water partition coefficient (Wildman–Crippen LogP) is 17.1. The minimum Gasteiger partial charge on any atom is -0.310 e. The molecule has 1 aliphatic carbocycles. The van der Waals surface area contributed by atoms with E-state index in [2.05, 4.69) is 255 Å². The zero-order valence-electron chi connectivity index (χ0n) is 35.4. The van der Waals surface area contributed by atoms with Gasteiger partial charge in [0.15, 0.2) is 0 Å². The lowest BCUT2D eigenvalue weighted by atomic mass is 9.73. The second kappa shape index (κ2) is 16.9. The van der Waals surface area contributed by atoms with Crippen molar-refractivity contribution in [2.75, 3.05) is 4.90 Å². The van der Waals surface area contributed by atoms with Crippen LogP contribution in [0, 0.1) is 0 Å². The topological polar surface area (TPSA) is 3.24 Å². The Morgan fingerprint density at radius 2 is 0.774 bits per heavy atom. The van der Waals surface area contributed by atoms with Crippen LogP contribution in [0.4, 0.5) is 17.1 Å². The fourth-order valence-corrected chi connectivity index (χ4v) is 9.74. The van der Waals surface area contributed by atoms with E-state index >= 15 is 0 Å². The summed E-state index contributed by atoms with van der Waals surface area (Å²) >= 11 is 0. The van der Waals surface area contributed by atoms with Gasteiger partial charge >= 0.3 is 0 Å². The molecule has 1 aliphatic rings. The van der Waals surface area contributed by atoms with Crippen molar-refractivity contribution in [1.82, 2.24) is 0 Å². The number of hydrogen-bond acceptors (Lipinski definition) is 1. The number of para-hydroxylation sites is 2. The van der Waals surface area contributed by atoms with Crippen molar-refractivity contribution in [3.8, 4) is 55.6 Å². The Bertz CT molecular complexity index is 2960. The molecule has 0 fully saturated rings. The van der Waals surface area contributed by atoms with Gasteiger partial charge in [0, 0.05) is 22.5 Å². The third kappa shape index (κ3) is 7.16. The Kier molecular flexibility index (Phi) is 10.5. The molecule has 0 heterocycles. The summed E-state index contributed by atoms with van der Waals surface area (Å²) in [6, 6.07) is 81.8. The summed E-state index contributed by atoms with van der Waals surface area (Å²) in [5, 5.41) is 0. The van der Waals surface area contributed by atoms with Gasteiger partial charge in [0.25, 0.3) is 0 Å². The lowest BCUT2D eigenvalue weighted by Crippen LogP contribution is -2.23. The predicted molar refractivity (Wildman–Crippen MR) is 265 cm³/mol. The first-order chi connectivity index (χ1) is 30.6. The average molecular weight is 796 g/mol. The molecule has 0 saturated heterocycles. The van der Waals surface area contributed by atoms with Crippen LogP contribution in [0.3, 0.4) is 0 Å². The van der Waals surface area contributed by atoms with Gasteiger partial charge in [0.2, 0.25) is 0 Å². The van der Waals surface area contributed by atoms with Crippen LogP contribution in [-0.4, -0.2) is 0 Å². The molecule has 298 valence electrons. The summed E-state index contributed by atoms with van der Waals surface area (Å²) in [5.74, 6) is 0. The highest BCUT2D eigenvalue weighted by Gasteiger charge is 2.41. The molecule has 0 aliphatic heterocycles. The van der Waals surface area contributed by atoms with E-state index in [-0.39, 0.29) is 5.41 Å². The number of nitrogens with zero attached hydrogens (tertiary/aromatic N) is 1. The fourth-order valence-electron chi connectivity index (χ4n) is 9.74. The van der Waals surface area contributed by atoms with Crippen molar-refractivity contribution in [3.63, 3.8) is 0 Å². The van der Waals surface area contributed by atoms with Crippen LogP contribution in [-0.2, 0) is 5.41 Å². The summed E-state index contributed by atoms with van der Waals surface area (Å²) in [5.41, 5.74) is 21.1. The highest BCUT2D eigenvalue weighted by molar-refractivity contribution is 5.94. The molecule has 0 bridgehead atoms. The molecule has 0 N–H and O–H groups in total. The Morgan fingerprint density at radius 3 is 1.40 bits per heavy atom. The molecule has 0 atom stereocenters. The third-order valence-electron chi connectivity index (χ3n) is 13.0. The van der Waals surface area contributed by atoms with Gasteiger partial charge in [0.05, 0.1) is 0 Å².